The van der Waals surface area contributed by atoms with Gasteiger partial charge >= 0.3 is 0 Å². The Kier molecular flexibility index (Phi) is 7.06. The molecule has 1 rings (SSSR count). The van der Waals surface area contributed by atoms with E-state index in [0.717, 1.165) is 0 Å². The van der Waals surface area contributed by atoms with Crippen LogP contribution >= 0.6 is 12.4 Å². The molecule has 1 aromatic heterocycles. The molecule has 0 aromatic carbocycles. The van der Waals surface area contributed by atoms with Crippen LogP contribution in [-0.4, -0.2) is 48.0 Å². The van der Waals surface area contributed by atoms with Crippen molar-refractivity contribution in [2.75, 3.05) is 27.2 Å². The van der Waals surface area contributed by atoms with E-state index in [1.165, 1.54) is 4.90 Å². The standard InChI is InChI=1S/C14H24N4O2.ClH/c1-9-10(12(20)18(6)8-7-15-5)11(19)17-13(16-9)14(2,3)4;/h15H,7-8H2,1-6H3,(H,16,17,19);1H. The first-order chi connectivity index (χ1) is 9.18. The molecule has 0 saturated carbocycles. The van der Waals surface area contributed by atoms with E-state index < -0.39 is 0 Å². The summed E-state index contributed by atoms with van der Waals surface area (Å²) in [5.74, 6) is 0.293. The molecular formula is C14H25ClN4O2. The number of nitrogens with zero attached hydrogens (tertiary/aromatic N) is 2. The topological polar surface area (TPSA) is 78.1 Å². The van der Waals surface area contributed by atoms with Gasteiger partial charge in [-0.25, -0.2) is 4.98 Å². The molecule has 1 heterocycles. The van der Waals surface area contributed by atoms with Gasteiger partial charge in [0.1, 0.15) is 11.4 Å². The number of hydrogen-bond donors (Lipinski definition) is 2. The van der Waals surface area contributed by atoms with Crippen LogP contribution in [0, 0.1) is 6.92 Å². The Morgan fingerprint density at radius 3 is 2.38 bits per heavy atom. The second kappa shape index (κ2) is 7.56. The maximum absolute atomic E-state index is 12.3. The molecule has 2 N–H and O–H groups in total. The van der Waals surface area contributed by atoms with Gasteiger partial charge in [0.15, 0.2) is 0 Å². The molecule has 7 heteroatoms. The van der Waals surface area contributed by atoms with Gasteiger partial charge in [0, 0.05) is 25.6 Å². The number of H-pyrrole nitrogens is 1. The van der Waals surface area contributed by atoms with Crippen molar-refractivity contribution in [1.29, 1.82) is 0 Å². The Hall–Kier alpha value is -1.40. The first-order valence-corrected chi connectivity index (χ1v) is 6.70. The van der Waals surface area contributed by atoms with Crippen molar-refractivity contribution in [3.8, 4) is 0 Å². The predicted octanol–water partition coefficient (Wildman–Crippen LogP) is 1.09. The third-order valence-corrected chi connectivity index (χ3v) is 3.07. The summed E-state index contributed by atoms with van der Waals surface area (Å²) in [6.07, 6.45) is 0. The molecule has 0 spiro atoms. The Morgan fingerprint density at radius 2 is 1.95 bits per heavy atom. The number of rotatable bonds is 4. The van der Waals surface area contributed by atoms with E-state index in [4.69, 9.17) is 0 Å². The normalized spacial score (nSPS) is 11.0. The number of aryl methyl sites for hydroxylation is 1. The largest absolute Gasteiger partial charge is 0.340 e. The molecule has 120 valence electrons. The van der Waals surface area contributed by atoms with E-state index in [0.29, 0.717) is 24.6 Å². The lowest BCUT2D eigenvalue weighted by molar-refractivity contribution is 0.0793. The van der Waals surface area contributed by atoms with E-state index in [-0.39, 0.29) is 34.9 Å². The Balaban J connectivity index is 0.00000400. The lowest BCUT2D eigenvalue weighted by atomic mass is 9.95. The third kappa shape index (κ3) is 4.82. The number of aromatic amines is 1. The molecule has 0 atom stereocenters. The smallest absolute Gasteiger partial charge is 0.264 e. The molecule has 0 aliphatic rings. The van der Waals surface area contributed by atoms with Crippen LogP contribution in [0.3, 0.4) is 0 Å². The number of aromatic nitrogens is 2. The Morgan fingerprint density at radius 1 is 1.38 bits per heavy atom. The second-order valence-electron chi connectivity index (χ2n) is 5.96. The highest BCUT2D eigenvalue weighted by molar-refractivity contribution is 5.94. The van der Waals surface area contributed by atoms with Crippen molar-refractivity contribution in [3.63, 3.8) is 0 Å². The minimum absolute atomic E-state index is 0. The summed E-state index contributed by atoms with van der Waals surface area (Å²) in [7, 11) is 3.49. The summed E-state index contributed by atoms with van der Waals surface area (Å²) >= 11 is 0. The minimum atomic E-state index is -0.372. The third-order valence-electron chi connectivity index (χ3n) is 3.07. The van der Waals surface area contributed by atoms with E-state index in [1.807, 2.05) is 27.8 Å². The van der Waals surface area contributed by atoms with Gasteiger partial charge in [0.25, 0.3) is 11.5 Å². The maximum Gasteiger partial charge on any atom is 0.264 e. The van der Waals surface area contributed by atoms with Crippen molar-refractivity contribution in [3.05, 3.63) is 27.4 Å². The molecule has 0 aliphatic heterocycles. The van der Waals surface area contributed by atoms with Crippen molar-refractivity contribution in [2.24, 2.45) is 0 Å². The zero-order chi connectivity index (χ0) is 15.5. The molecule has 1 amide bonds. The van der Waals surface area contributed by atoms with Crippen molar-refractivity contribution < 1.29 is 4.79 Å². The number of amides is 1. The SMILES string of the molecule is CNCCN(C)C(=O)c1c(C)nc(C(C)(C)C)[nH]c1=O.Cl. The van der Waals surface area contributed by atoms with Gasteiger partial charge in [0.05, 0.1) is 5.69 Å². The van der Waals surface area contributed by atoms with Crippen LogP contribution in [0.1, 0.15) is 42.6 Å². The Bertz CT molecular complexity index is 549. The summed E-state index contributed by atoms with van der Waals surface area (Å²) in [4.78, 5) is 33.1. The first-order valence-electron chi connectivity index (χ1n) is 6.70. The maximum atomic E-state index is 12.3. The summed E-state index contributed by atoms with van der Waals surface area (Å²) in [5, 5.41) is 2.97. The molecule has 21 heavy (non-hydrogen) atoms. The molecular weight excluding hydrogens is 292 g/mol. The van der Waals surface area contributed by atoms with Crippen LogP contribution in [-0.2, 0) is 5.41 Å². The lowest BCUT2D eigenvalue weighted by Gasteiger charge is -2.20. The second-order valence-corrected chi connectivity index (χ2v) is 5.96. The molecule has 6 nitrogen and oxygen atoms in total. The van der Waals surface area contributed by atoms with E-state index >= 15 is 0 Å². The minimum Gasteiger partial charge on any atom is -0.340 e. The summed E-state index contributed by atoms with van der Waals surface area (Å²) in [5.41, 5.74) is -0.0379. The van der Waals surface area contributed by atoms with Gasteiger partial charge in [-0.3, -0.25) is 9.59 Å². The Labute approximate surface area is 131 Å². The number of nitrogens with one attached hydrogen (secondary N) is 2. The fourth-order valence-electron chi connectivity index (χ4n) is 1.76. The summed E-state index contributed by atoms with van der Waals surface area (Å²) < 4.78 is 0. The van der Waals surface area contributed by atoms with Crippen molar-refractivity contribution >= 4 is 18.3 Å². The number of halogens is 1. The average molecular weight is 317 g/mol. The monoisotopic (exact) mass is 316 g/mol. The van der Waals surface area contributed by atoms with Crippen LogP contribution in [0.2, 0.25) is 0 Å². The number of likely N-dealkylation sites (N-methyl/N-ethyl adjacent to an activating group) is 2. The zero-order valence-corrected chi connectivity index (χ0v) is 14.3. The van der Waals surface area contributed by atoms with Crippen LogP contribution < -0.4 is 10.9 Å². The van der Waals surface area contributed by atoms with Gasteiger partial charge in [-0.05, 0) is 14.0 Å². The fourth-order valence-corrected chi connectivity index (χ4v) is 1.76. The quantitative estimate of drug-likeness (QED) is 0.871. The molecule has 0 saturated heterocycles. The van der Waals surface area contributed by atoms with Crippen LogP contribution in [0.25, 0.3) is 0 Å². The number of carbonyl (C=O) groups excluding carboxylic acids is 1. The van der Waals surface area contributed by atoms with Crippen LogP contribution in [0.5, 0.6) is 0 Å². The van der Waals surface area contributed by atoms with E-state index in [9.17, 15) is 9.59 Å². The summed E-state index contributed by atoms with van der Waals surface area (Å²) in [6, 6.07) is 0. The summed E-state index contributed by atoms with van der Waals surface area (Å²) in [6.45, 7) is 8.80. The molecule has 0 bridgehead atoms. The van der Waals surface area contributed by atoms with Crippen molar-refractivity contribution in [2.45, 2.75) is 33.1 Å². The zero-order valence-electron chi connectivity index (χ0n) is 13.5. The fraction of sp³-hybridized carbons (Fsp3) is 0.643. The highest BCUT2D eigenvalue weighted by Gasteiger charge is 2.23. The van der Waals surface area contributed by atoms with Gasteiger partial charge in [-0.15, -0.1) is 12.4 Å². The van der Waals surface area contributed by atoms with E-state index in [2.05, 4.69) is 15.3 Å². The average Bonchev–Trinajstić information content (AvgIpc) is 2.33. The molecule has 0 fully saturated rings. The predicted molar refractivity (Wildman–Crippen MR) is 86.4 cm³/mol. The van der Waals surface area contributed by atoms with Gasteiger partial charge in [0.2, 0.25) is 0 Å². The van der Waals surface area contributed by atoms with Gasteiger partial charge < -0.3 is 15.2 Å². The number of carbonyl (C=O) groups is 1. The first kappa shape index (κ1) is 19.6. The molecule has 1 aromatic rings. The molecule has 0 radical (unpaired) electrons. The van der Waals surface area contributed by atoms with Gasteiger partial charge in [-0.2, -0.15) is 0 Å². The van der Waals surface area contributed by atoms with Crippen molar-refractivity contribution in [1.82, 2.24) is 20.2 Å². The van der Waals surface area contributed by atoms with Crippen LogP contribution in [0.4, 0.5) is 0 Å². The lowest BCUT2D eigenvalue weighted by Crippen LogP contribution is -2.37. The van der Waals surface area contributed by atoms with Crippen LogP contribution in [0.15, 0.2) is 4.79 Å². The molecule has 0 aliphatic carbocycles. The highest BCUT2D eigenvalue weighted by atomic mass is 35.5. The highest BCUT2D eigenvalue weighted by Crippen LogP contribution is 2.17. The number of hydrogen-bond acceptors (Lipinski definition) is 4. The molecule has 0 unspecified atom stereocenters. The van der Waals surface area contributed by atoms with Gasteiger partial charge in [-0.1, -0.05) is 20.8 Å². The van der Waals surface area contributed by atoms with E-state index in [1.54, 1.807) is 14.0 Å².